The number of rotatable bonds is 3. The maximum absolute atomic E-state index is 12.7. The van der Waals surface area contributed by atoms with Crippen LogP contribution in [0.1, 0.15) is 18.0 Å². The van der Waals surface area contributed by atoms with Crippen molar-refractivity contribution in [3.05, 3.63) is 34.1 Å². The lowest BCUT2D eigenvalue weighted by Crippen LogP contribution is -2.21. The van der Waals surface area contributed by atoms with Crippen LogP contribution in [0.5, 0.6) is 0 Å². The van der Waals surface area contributed by atoms with Gasteiger partial charge >= 0.3 is 0 Å². The fraction of sp³-hybridized carbons (Fsp3) is 0.222. The number of nitrogens with two attached hydrogens (primary N) is 2. The Kier molecular flexibility index (Phi) is 3.60. The van der Waals surface area contributed by atoms with Gasteiger partial charge in [-0.15, -0.1) is 0 Å². The molecule has 1 atom stereocenters. The molecule has 0 heterocycles. The molecule has 0 unspecified atom stereocenters. The molecular formula is C9H10BrFN2O. The minimum atomic E-state index is -0.498. The van der Waals surface area contributed by atoms with E-state index < -0.39 is 11.9 Å². The van der Waals surface area contributed by atoms with E-state index in [1.165, 1.54) is 18.2 Å². The summed E-state index contributed by atoms with van der Waals surface area (Å²) in [6, 6.07) is 3.63. The summed E-state index contributed by atoms with van der Waals surface area (Å²) >= 11 is 3.17. The molecule has 0 radical (unpaired) electrons. The van der Waals surface area contributed by atoms with Crippen LogP contribution in [0.15, 0.2) is 22.7 Å². The number of hydrogen-bond acceptors (Lipinski definition) is 2. The van der Waals surface area contributed by atoms with Crippen LogP contribution in [0.4, 0.5) is 4.39 Å². The van der Waals surface area contributed by atoms with Crippen molar-refractivity contribution in [2.24, 2.45) is 11.5 Å². The Hall–Kier alpha value is -0.940. The highest BCUT2D eigenvalue weighted by Gasteiger charge is 2.12. The Balaban J connectivity index is 2.90. The molecule has 76 valence electrons. The fourth-order valence-corrected chi connectivity index (χ4v) is 1.77. The van der Waals surface area contributed by atoms with E-state index in [0.717, 1.165) is 0 Å². The van der Waals surface area contributed by atoms with Gasteiger partial charge in [0.25, 0.3) is 0 Å². The lowest BCUT2D eigenvalue weighted by atomic mass is 10.0. The average Bonchev–Trinajstić information content (AvgIpc) is 2.01. The number of amides is 1. The van der Waals surface area contributed by atoms with Gasteiger partial charge in [-0.05, 0) is 17.7 Å². The molecule has 4 N–H and O–H groups in total. The van der Waals surface area contributed by atoms with Crippen molar-refractivity contribution in [3.8, 4) is 0 Å². The molecule has 3 nitrogen and oxygen atoms in total. The smallest absolute Gasteiger partial charge is 0.219 e. The van der Waals surface area contributed by atoms with Gasteiger partial charge in [0, 0.05) is 16.9 Å². The van der Waals surface area contributed by atoms with E-state index in [2.05, 4.69) is 15.9 Å². The Morgan fingerprint density at radius 2 is 2.21 bits per heavy atom. The molecule has 0 fully saturated rings. The van der Waals surface area contributed by atoms with Gasteiger partial charge in [0.1, 0.15) is 5.82 Å². The molecule has 0 spiro atoms. The van der Waals surface area contributed by atoms with Crippen LogP contribution in [0.25, 0.3) is 0 Å². The van der Waals surface area contributed by atoms with Gasteiger partial charge in [0.15, 0.2) is 0 Å². The van der Waals surface area contributed by atoms with Crippen LogP contribution < -0.4 is 11.5 Å². The van der Waals surface area contributed by atoms with Crippen LogP contribution in [0, 0.1) is 5.82 Å². The quantitative estimate of drug-likeness (QED) is 0.864. The van der Waals surface area contributed by atoms with Gasteiger partial charge in [-0.1, -0.05) is 22.0 Å². The van der Waals surface area contributed by atoms with Crippen molar-refractivity contribution in [2.75, 3.05) is 0 Å². The molecule has 0 bridgehead atoms. The van der Waals surface area contributed by atoms with Crippen LogP contribution >= 0.6 is 15.9 Å². The summed E-state index contributed by atoms with van der Waals surface area (Å²) in [4.78, 5) is 10.6. The third kappa shape index (κ3) is 2.78. The zero-order chi connectivity index (χ0) is 10.7. The number of benzene rings is 1. The lowest BCUT2D eigenvalue weighted by Gasteiger charge is -2.11. The van der Waals surface area contributed by atoms with E-state index in [1.54, 1.807) is 0 Å². The van der Waals surface area contributed by atoms with Crippen molar-refractivity contribution >= 4 is 21.8 Å². The van der Waals surface area contributed by atoms with Crippen LogP contribution in [0.2, 0.25) is 0 Å². The third-order valence-corrected chi connectivity index (χ3v) is 2.47. The first-order chi connectivity index (χ1) is 6.50. The molecule has 0 aliphatic heterocycles. The SMILES string of the molecule is NC(=O)C[C@H](N)c1ccc(F)cc1Br. The van der Waals surface area contributed by atoms with Gasteiger partial charge in [0.2, 0.25) is 5.91 Å². The fourth-order valence-electron chi connectivity index (χ4n) is 1.13. The number of primary amides is 1. The third-order valence-electron chi connectivity index (χ3n) is 1.78. The van der Waals surface area contributed by atoms with E-state index in [0.29, 0.717) is 10.0 Å². The number of carbonyl (C=O) groups is 1. The van der Waals surface area contributed by atoms with Gasteiger partial charge in [-0.25, -0.2) is 4.39 Å². The van der Waals surface area contributed by atoms with Crippen molar-refractivity contribution in [3.63, 3.8) is 0 Å². The predicted molar refractivity (Wildman–Crippen MR) is 54.8 cm³/mol. The van der Waals surface area contributed by atoms with Crippen molar-refractivity contribution in [1.29, 1.82) is 0 Å². The maximum Gasteiger partial charge on any atom is 0.219 e. The molecule has 0 saturated heterocycles. The largest absolute Gasteiger partial charge is 0.370 e. The monoisotopic (exact) mass is 260 g/mol. The molecule has 0 aliphatic carbocycles. The second kappa shape index (κ2) is 4.52. The molecule has 0 aromatic heterocycles. The van der Waals surface area contributed by atoms with E-state index >= 15 is 0 Å². The van der Waals surface area contributed by atoms with Gasteiger partial charge in [0.05, 0.1) is 0 Å². The summed E-state index contributed by atoms with van der Waals surface area (Å²) < 4.78 is 13.3. The first-order valence-corrected chi connectivity index (χ1v) is 4.79. The molecule has 14 heavy (non-hydrogen) atoms. The highest BCUT2D eigenvalue weighted by molar-refractivity contribution is 9.10. The van der Waals surface area contributed by atoms with E-state index in [-0.39, 0.29) is 12.2 Å². The number of carbonyl (C=O) groups excluding carboxylic acids is 1. The van der Waals surface area contributed by atoms with Crippen LogP contribution in [-0.4, -0.2) is 5.91 Å². The molecule has 1 aromatic carbocycles. The van der Waals surface area contributed by atoms with E-state index in [1.807, 2.05) is 0 Å². The summed E-state index contributed by atoms with van der Waals surface area (Å²) in [5.41, 5.74) is 11.4. The van der Waals surface area contributed by atoms with Crippen LogP contribution in [-0.2, 0) is 4.79 Å². The molecular weight excluding hydrogens is 251 g/mol. The van der Waals surface area contributed by atoms with Gasteiger partial charge in [-0.3, -0.25) is 4.79 Å². The minimum absolute atomic E-state index is 0.0459. The average molecular weight is 261 g/mol. The molecule has 5 heteroatoms. The summed E-state index contributed by atoms with van der Waals surface area (Å²) in [5.74, 6) is -0.833. The highest BCUT2D eigenvalue weighted by atomic mass is 79.9. The van der Waals surface area contributed by atoms with Gasteiger partial charge in [-0.2, -0.15) is 0 Å². The van der Waals surface area contributed by atoms with Crippen molar-refractivity contribution < 1.29 is 9.18 Å². The molecule has 0 aliphatic rings. The predicted octanol–water partition coefficient (Wildman–Crippen LogP) is 1.46. The zero-order valence-corrected chi connectivity index (χ0v) is 8.92. The second-order valence-corrected chi connectivity index (χ2v) is 3.80. The Labute approximate surface area is 89.4 Å². The van der Waals surface area contributed by atoms with Crippen LogP contribution in [0.3, 0.4) is 0 Å². The minimum Gasteiger partial charge on any atom is -0.370 e. The molecule has 0 saturated carbocycles. The molecule has 1 amide bonds. The maximum atomic E-state index is 12.7. The zero-order valence-electron chi connectivity index (χ0n) is 7.34. The first kappa shape index (κ1) is 11.1. The topological polar surface area (TPSA) is 69.1 Å². The number of hydrogen-bond donors (Lipinski definition) is 2. The van der Waals surface area contributed by atoms with Gasteiger partial charge < -0.3 is 11.5 Å². The summed E-state index contributed by atoms with van der Waals surface area (Å²) in [6.07, 6.45) is 0.0459. The Bertz CT molecular complexity index is 357. The van der Waals surface area contributed by atoms with E-state index in [4.69, 9.17) is 11.5 Å². The lowest BCUT2D eigenvalue weighted by molar-refractivity contribution is -0.118. The number of halogens is 2. The van der Waals surface area contributed by atoms with Crippen molar-refractivity contribution in [1.82, 2.24) is 0 Å². The second-order valence-electron chi connectivity index (χ2n) is 2.94. The molecule has 1 aromatic rings. The first-order valence-electron chi connectivity index (χ1n) is 3.99. The van der Waals surface area contributed by atoms with Crippen molar-refractivity contribution in [2.45, 2.75) is 12.5 Å². The summed E-state index contributed by atoms with van der Waals surface area (Å²) in [5, 5.41) is 0. The summed E-state index contributed by atoms with van der Waals surface area (Å²) in [6.45, 7) is 0. The van der Waals surface area contributed by atoms with E-state index in [9.17, 15) is 9.18 Å². The normalized spacial score (nSPS) is 12.5. The Morgan fingerprint density at radius 1 is 1.57 bits per heavy atom. The highest BCUT2D eigenvalue weighted by Crippen LogP contribution is 2.24. The Morgan fingerprint density at radius 3 is 2.71 bits per heavy atom. The summed E-state index contributed by atoms with van der Waals surface area (Å²) in [7, 11) is 0. The standard InChI is InChI=1S/C9H10BrFN2O/c10-7-3-5(11)1-2-6(7)8(12)4-9(13)14/h1-3,8H,4,12H2,(H2,13,14)/t8-/m0/s1. The molecule has 1 rings (SSSR count).